The van der Waals surface area contributed by atoms with Crippen LogP contribution in [0.1, 0.15) is 0 Å². The molecule has 0 aliphatic carbocycles. The molecule has 3 nitrogen and oxygen atoms in total. The van der Waals surface area contributed by atoms with Crippen LogP contribution in [-0.2, 0) is 0 Å². The standard InChI is InChI=1S/C26H16N3/c1-3-9-21-17(7-1)15-19-23(27-21)11-5-13-25(19)29-26-14-6-12-24-20(26)16-18-8-2-4-10-22(18)28-24/h1-16H. The highest BCUT2D eigenvalue weighted by Crippen LogP contribution is 2.32. The van der Waals surface area contributed by atoms with Gasteiger partial charge in [0.2, 0.25) is 0 Å². The molecular formula is C26H16N3. The molecule has 2 aromatic heterocycles. The Morgan fingerprint density at radius 1 is 0.448 bits per heavy atom. The largest absolute Gasteiger partial charge is 0.248 e. The summed E-state index contributed by atoms with van der Waals surface area (Å²) < 4.78 is 0. The number of hydrogen-bond donors (Lipinski definition) is 0. The fourth-order valence-electron chi connectivity index (χ4n) is 3.89. The van der Waals surface area contributed by atoms with E-state index in [1.807, 2.05) is 72.8 Å². The molecule has 0 fully saturated rings. The summed E-state index contributed by atoms with van der Waals surface area (Å²) in [5, 5.41) is 9.37. The van der Waals surface area contributed by atoms with Crippen molar-refractivity contribution >= 4 is 55.0 Å². The minimum absolute atomic E-state index is 0.918. The van der Waals surface area contributed by atoms with E-state index in [9.17, 15) is 0 Å². The maximum atomic E-state index is 5.03. The van der Waals surface area contributed by atoms with Gasteiger partial charge in [-0.2, -0.15) is 0 Å². The smallest absolute Gasteiger partial charge is 0.0731 e. The minimum atomic E-state index is 0.918. The van der Waals surface area contributed by atoms with Crippen molar-refractivity contribution in [3.05, 3.63) is 97.1 Å². The van der Waals surface area contributed by atoms with Crippen LogP contribution in [-0.4, -0.2) is 9.97 Å². The Morgan fingerprint density at radius 2 is 0.897 bits per heavy atom. The van der Waals surface area contributed by atoms with Gasteiger partial charge in [-0.05, 0) is 48.5 Å². The van der Waals surface area contributed by atoms with Crippen LogP contribution < -0.4 is 5.32 Å². The second-order valence-corrected chi connectivity index (χ2v) is 7.16. The minimum Gasteiger partial charge on any atom is -0.248 e. The average molecular weight is 370 g/mol. The Bertz CT molecular complexity index is 1420. The van der Waals surface area contributed by atoms with E-state index in [0.29, 0.717) is 0 Å². The summed E-state index contributed by atoms with van der Waals surface area (Å²) in [6.07, 6.45) is 0. The Morgan fingerprint density at radius 3 is 1.41 bits per heavy atom. The van der Waals surface area contributed by atoms with Gasteiger partial charge in [0.05, 0.1) is 33.4 Å². The van der Waals surface area contributed by atoms with E-state index in [1.54, 1.807) is 0 Å². The van der Waals surface area contributed by atoms with Gasteiger partial charge < -0.3 is 0 Å². The lowest BCUT2D eigenvalue weighted by atomic mass is 10.1. The molecular weight excluding hydrogens is 354 g/mol. The Hall–Kier alpha value is -3.98. The van der Waals surface area contributed by atoms with Crippen LogP contribution in [0.25, 0.3) is 43.6 Å². The molecule has 0 unspecified atom stereocenters. The van der Waals surface area contributed by atoms with Crippen LogP contribution in [0.3, 0.4) is 0 Å². The molecule has 0 aliphatic rings. The third-order valence-corrected chi connectivity index (χ3v) is 5.32. The zero-order valence-corrected chi connectivity index (χ0v) is 15.6. The lowest BCUT2D eigenvalue weighted by Gasteiger charge is -2.11. The highest BCUT2D eigenvalue weighted by molar-refractivity contribution is 6.02. The van der Waals surface area contributed by atoms with Gasteiger partial charge in [-0.1, -0.05) is 48.5 Å². The van der Waals surface area contributed by atoms with Crippen molar-refractivity contribution < 1.29 is 0 Å². The van der Waals surface area contributed by atoms with E-state index in [0.717, 1.165) is 55.0 Å². The van der Waals surface area contributed by atoms with Crippen LogP contribution in [0.5, 0.6) is 0 Å². The van der Waals surface area contributed by atoms with Gasteiger partial charge in [0.25, 0.3) is 0 Å². The number of fused-ring (bicyclic) bond motifs is 4. The summed E-state index contributed by atoms with van der Waals surface area (Å²) in [5.74, 6) is 0. The lowest BCUT2D eigenvalue weighted by molar-refractivity contribution is 1.21. The predicted octanol–water partition coefficient (Wildman–Crippen LogP) is 6.66. The first-order chi connectivity index (χ1) is 14.3. The molecule has 0 N–H and O–H groups in total. The van der Waals surface area contributed by atoms with Gasteiger partial charge in [0.15, 0.2) is 0 Å². The van der Waals surface area contributed by atoms with Crippen molar-refractivity contribution in [2.24, 2.45) is 0 Å². The van der Waals surface area contributed by atoms with Crippen LogP contribution in [0.4, 0.5) is 11.4 Å². The second-order valence-electron chi connectivity index (χ2n) is 7.16. The molecule has 4 aromatic carbocycles. The third kappa shape index (κ3) is 2.67. The van der Waals surface area contributed by atoms with E-state index >= 15 is 0 Å². The highest BCUT2D eigenvalue weighted by atomic mass is 14.9. The van der Waals surface area contributed by atoms with Gasteiger partial charge >= 0.3 is 0 Å². The van der Waals surface area contributed by atoms with Crippen molar-refractivity contribution in [3.8, 4) is 0 Å². The molecule has 0 bridgehead atoms. The molecule has 0 amide bonds. The molecule has 6 aromatic rings. The molecule has 135 valence electrons. The van der Waals surface area contributed by atoms with Gasteiger partial charge in [-0.25, -0.2) is 15.3 Å². The zero-order chi connectivity index (χ0) is 19.2. The van der Waals surface area contributed by atoms with Crippen molar-refractivity contribution in [3.63, 3.8) is 0 Å². The predicted molar refractivity (Wildman–Crippen MR) is 120 cm³/mol. The normalized spacial score (nSPS) is 11.4. The molecule has 6 rings (SSSR count). The Labute approximate surface area is 167 Å². The van der Waals surface area contributed by atoms with Gasteiger partial charge in [-0.15, -0.1) is 0 Å². The number of hydrogen-bond acceptors (Lipinski definition) is 2. The Kier molecular flexibility index (Phi) is 3.47. The summed E-state index contributed by atoms with van der Waals surface area (Å²) in [4.78, 5) is 9.62. The van der Waals surface area contributed by atoms with Gasteiger partial charge in [-0.3, -0.25) is 0 Å². The maximum absolute atomic E-state index is 5.03. The van der Waals surface area contributed by atoms with Gasteiger partial charge in [0.1, 0.15) is 0 Å². The number of nitrogens with zero attached hydrogens (tertiary/aromatic N) is 3. The van der Waals surface area contributed by atoms with Crippen molar-refractivity contribution in [2.75, 3.05) is 0 Å². The zero-order valence-electron chi connectivity index (χ0n) is 15.6. The first kappa shape index (κ1) is 16.0. The maximum Gasteiger partial charge on any atom is 0.0731 e. The number of benzene rings is 4. The second kappa shape index (κ2) is 6.28. The van der Waals surface area contributed by atoms with Crippen LogP contribution in [0, 0.1) is 0 Å². The van der Waals surface area contributed by atoms with Crippen LogP contribution in [0.15, 0.2) is 97.1 Å². The number of aromatic nitrogens is 2. The van der Waals surface area contributed by atoms with Gasteiger partial charge in [0, 0.05) is 21.5 Å². The SMILES string of the molecule is c1ccc2nc3cccc([N]c4cccc5nc6ccccc6cc45)c3cc2c1. The number of para-hydroxylation sites is 2. The van der Waals surface area contributed by atoms with Crippen LogP contribution in [0.2, 0.25) is 0 Å². The molecule has 3 heteroatoms. The van der Waals surface area contributed by atoms with E-state index in [-0.39, 0.29) is 0 Å². The third-order valence-electron chi connectivity index (χ3n) is 5.32. The molecule has 1 radical (unpaired) electrons. The molecule has 0 atom stereocenters. The van der Waals surface area contributed by atoms with Crippen molar-refractivity contribution in [2.45, 2.75) is 0 Å². The first-order valence-corrected chi connectivity index (χ1v) is 9.64. The molecule has 2 heterocycles. The fraction of sp³-hybridized carbons (Fsp3) is 0. The van der Waals surface area contributed by atoms with E-state index < -0.39 is 0 Å². The molecule has 0 saturated carbocycles. The summed E-state index contributed by atoms with van der Waals surface area (Å²) in [6, 6.07) is 32.9. The average Bonchev–Trinajstić information content (AvgIpc) is 2.77. The summed E-state index contributed by atoms with van der Waals surface area (Å²) in [5.41, 5.74) is 5.74. The molecule has 0 aliphatic heterocycles. The van der Waals surface area contributed by atoms with E-state index in [2.05, 4.69) is 24.3 Å². The molecule has 0 saturated heterocycles. The Balaban J connectivity index is 1.55. The first-order valence-electron chi connectivity index (χ1n) is 9.64. The molecule has 29 heavy (non-hydrogen) atoms. The topological polar surface area (TPSA) is 39.9 Å². The van der Waals surface area contributed by atoms with E-state index in [4.69, 9.17) is 15.3 Å². The summed E-state index contributed by atoms with van der Waals surface area (Å²) in [6.45, 7) is 0. The number of pyridine rings is 2. The lowest BCUT2D eigenvalue weighted by Crippen LogP contribution is -1.94. The summed E-state index contributed by atoms with van der Waals surface area (Å²) >= 11 is 0. The monoisotopic (exact) mass is 370 g/mol. The van der Waals surface area contributed by atoms with E-state index in [1.165, 1.54) is 0 Å². The fourth-order valence-corrected chi connectivity index (χ4v) is 3.89. The highest BCUT2D eigenvalue weighted by Gasteiger charge is 2.10. The quantitative estimate of drug-likeness (QED) is 0.320. The molecule has 0 spiro atoms. The summed E-state index contributed by atoms with van der Waals surface area (Å²) in [7, 11) is 0. The van der Waals surface area contributed by atoms with Crippen molar-refractivity contribution in [1.82, 2.24) is 15.3 Å². The van der Waals surface area contributed by atoms with Crippen LogP contribution >= 0.6 is 0 Å². The van der Waals surface area contributed by atoms with Crippen molar-refractivity contribution in [1.29, 1.82) is 0 Å². The number of rotatable bonds is 2.